The number of halogens is 1. The summed E-state index contributed by atoms with van der Waals surface area (Å²) < 4.78 is 18.7. The van der Waals surface area contributed by atoms with Crippen molar-refractivity contribution in [2.75, 3.05) is 25.1 Å². The fraction of sp³-hybridized carbons (Fsp3) is 0.500. The van der Waals surface area contributed by atoms with Gasteiger partial charge in [0.1, 0.15) is 0 Å². The largest absolute Gasteiger partial charge is 0.494 e. The number of carbonyl (C=O) groups is 1. The highest BCUT2D eigenvalue weighted by Crippen LogP contribution is 2.35. The van der Waals surface area contributed by atoms with Gasteiger partial charge >= 0.3 is 0 Å². The van der Waals surface area contributed by atoms with Crippen molar-refractivity contribution in [3.05, 3.63) is 24.0 Å². The summed E-state index contributed by atoms with van der Waals surface area (Å²) in [5.74, 6) is 0.246. The molecule has 2 heterocycles. The summed E-state index contributed by atoms with van der Waals surface area (Å²) in [7, 11) is 1.43. The molecule has 2 unspecified atom stereocenters. The van der Waals surface area contributed by atoms with E-state index >= 15 is 0 Å². The fourth-order valence-electron chi connectivity index (χ4n) is 3.08. The highest BCUT2D eigenvalue weighted by molar-refractivity contribution is 5.96. The highest BCUT2D eigenvalue weighted by Gasteiger charge is 2.41. The quantitative estimate of drug-likeness (QED) is 0.881. The highest BCUT2D eigenvalue weighted by atomic mass is 19.1. The van der Waals surface area contributed by atoms with Gasteiger partial charge in [-0.2, -0.15) is 0 Å². The molecular weight excluding hydrogens is 247 g/mol. The van der Waals surface area contributed by atoms with E-state index in [1.807, 2.05) is 0 Å². The SMILES string of the molecule is COc1ccc(N2C(=O)CC3CCNCC32)cc1F. The van der Waals surface area contributed by atoms with E-state index in [0.29, 0.717) is 18.0 Å². The second-order valence-corrected chi connectivity index (χ2v) is 5.11. The van der Waals surface area contributed by atoms with E-state index in [2.05, 4.69) is 5.32 Å². The number of carbonyl (C=O) groups excluding carboxylic acids is 1. The van der Waals surface area contributed by atoms with Crippen molar-refractivity contribution in [1.82, 2.24) is 5.32 Å². The molecule has 1 aromatic carbocycles. The molecule has 2 saturated heterocycles. The first kappa shape index (κ1) is 12.4. The molecule has 3 rings (SSSR count). The number of benzene rings is 1. The summed E-state index contributed by atoms with van der Waals surface area (Å²) in [6.45, 7) is 1.74. The zero-order valence-corrected chi connectivity index (χ0v) is 10.9. The lowest BCUT2D eigenvalue weighted by molar-refractivity contribution is -0.117. The van der Waals surface area contributed by atoms with E-state index in [4.69, 9.17) is 4.74 Å². The number of fused-ring (bicyclic) bond motifs is 1. The van der Waals surface area contributed by atoms with Crippen LogP contribution in [0.25, 0.3) is 0 Å². The van der Waals surface area contributed by atoms with Crippen molar-refractivity contribution in [3.63, 3.8) is 0 Å². The van der Waals surface area contributed by atoms with Crippen LogP contribution in [0.5, 0.6) is 5.75 Å². The van der Waals surface area contributed by atoms with Gasteiger partial charge in [-0.3, -0.25) is 4.79 Å². The number of rotatable bonds is 2. The van der Waals surface area contributed by atoms with Crippen molar-refractivity contribution in [2.24, 2.45) is 5.92 Å². The molecule has 5 heteroatoms. The van der Waals surface area contributed by atoms with Gasteiger partial charge in [0.2, 0.25) is 5.91 Å². The standard InChI is InChI=1S/C14H17FN2O2/c1-19-13-3-2-10(7-11(13)15)17-12-8-16-5-4-9(12)6-14(17)18/h2-3,7,9,12,16H,4-6,8H2,1H3. The van der Waals surface area contributed by atoms with Gasteiger partial charge in [-0.05, 0) is 31.0 Å². The summed E-state index contributed by atoms with van der Waals surface area (Å²) in [4.78, 5) is 13.9. The van der Waals surface area contributed by atoms with E-state index < -0.39 is 5.82 Å². The minimum atomic E-state index is -0.431. The van der Waals surface area contributed by atoms with Crippen LogP contribution >= 0.6 is 0 Å². The van der Waals surface area contributed by atoms with Crippen LogP contribution in [0.2, 0.25) is 0 Å². The van der Waals surface area contributed by atoms with E-state index in [1.165, 1.54) is 13.2 Å². The van der Waals surface area contributed by atoms with Crippen LogP contribution in [0, 0.1) is 11.7 Å². The van der Waals surface area contributed by atoms with Crippen LogP contribution in [0.4, 0.5) is 10.1 Å². The van der Waals surface area contributed by atoms with Crippen LogP contribution in [0.15, 0.2) is 18.2 Å². The normalized spacial score (nSPS) is 26.4. The molecule has 0 aliphatic carbocycles. The van der Waals surface area contributed by atoms with Crippen LogP contribution in [-0.4, -0.2) is 32.1 Å². The molecule has 0 bridgehead atoms. The maximum Gasteiger partial charge on any atom is 0.227 e. The number of methoxy groups -OCH3 is 1. The molecule has 1 aromatic rings. The van der Waals surface area contributed by atoms with Gasteiger partial charge in [-0.1, -0.05) is 0 Å². The Balaban J connectivity index is 1.92. The smallest absolute Gasteiger partial charge is 0.227 e. The van der Waals surface area contributed by atoms with Crippen molar-refractivity contribution in [1.29, 1.82) is 0 Å². The molecule has 0 spiro atoms. The maximum absolute atomic E-state index is 13.8. The van der Waals surface area contributed by atoms with Gasteiger partial charge < -0.3 is 15.0 Å². The fourth-order valence-corrected chi connectivity index (χ4v) is 3.08. The second kappa shape index (κ2) is 4.81. The van der Waals surface area contributed by atoms with Crippen molar-refractivity contribution in [2.45, 2.75) is 18.9 Å². The number of piperidine rings is 1. The molecule has 0 radical (unpaired) electrons. The zero-order chi connectivity index (χ0) is 13.4. The Bertz CT molecular complexity index is 506. The number of hydrogen-bond donors (Lipinski definition) is 1. The molecule has 0 aromatic heterocycles. The zero-order valence-electron chi connectivity index (χ0n) is 10.9. The molecule has 1 amide bonds. The third-order valence-corrected chi connectivity index (χ3v) is 4.04. The summed E-state index contributed by atoms with van der Waals surface area (Å²) in [6.07, 6.45) is 1.57. The molecule has 19 heavy (non-hydrogen) atoms. The molecule has 2 aliphatic heterocycles. The molecule has 0 saturated carbocycles. The Hall–Kier alpha value is -1.62. The third kappa shape index (κ3) is 2.08. The van der Waals surface area contributed by atoms with E-state index in [1.54, 1.807) is 17.0 Å². The van der Waals surface area contributed by atoms with Gasteiger partial charge in [0.25, 0.3) is 0 Å². The Morgan fingerprint density at radius 1 is 1.47 bits per heavy atom. The molecule has 2 atom stereocenters. The average Bonchev–Trinajstić information content (AvgIpc) is 2.74. The Morgan fingerprint density at radius 2 is 2.32 bits per heavy atom. The van der Waals surface area contributed by atoms with Crippen LogP contribution < -0.4 is 15.0 Å². The minimum absolute atomic E-state index is 0.0864. The van der Waals surface area contributed by atoms with E-state index in [0.717, 1.165) is 19.5 Å². The first-order valence-electron chi connectivity index (χ1n) is 6.57. The number of ether oxygens (including phenoxy) is 1. The van der Waals surface area contributed by atoms with Crippen LogP contribution in [-0.2, 0) is 4.79 Å². The number of nitrogens with one attached hydrogen (secondary N) is 1. The van der Waals surface area contributed by atoms with Gasteiger partial charge in [0, 0.05) is 24.7 Å². The van der Waals surface area contributed by atoms with Gasteiger partial charge in [0.05, 0.1) is 13.2 Å². The Morgan fingerprint density at radius 3 is 3.05 bits per heavy atom. The number of hydrogen-bond acceptors (Lipinski definition) is 3. The lowest BCUT2D eigenvalue weighted by atomic mass is 9.93. The van der Waals surface area contributed by atoms with Crippen molar-refractivity contribution < 1.29 is 13.9 Å². The molecule has 4 nitrogen and oxygen atoms in total. The Labute approximate surface area is 111 Å². The maximum atomic E-state index is 13.8. The second-order valence-electron chi connectivity index (χ2n) is 5.11. The summed E-state index contributed by atoms with van der Waals surface area (Å²) in [6, 6.07) is 4.85. The summed E-state index contributed by atoms with van der Waals surface area (Å²) >= 11 is 0. The number of anilines is 1. The predicted octanol–water partition coefficient (Wildman–Crippen LogP) is 1.55. The lowest BCUT2D eigenvalue weighted by Crippen LogP contribution is -2.46. The summed E-state index contributed by atoms with van der Waals surface area (Å²) in [5, 5.41) is 3.30. The minimum Gasteiger partial charge on any atom is -0.494 e. The van der Waals surface area contributed by atoms with Gasteiger partial charge in [-0.15, -0.1) is 0 Å². The predicted molar refractivity (Wildman–Crippen MR) is 69.8 cm³/mol. The van der Waals surface area contributed by atoms with Crippen molar-refractivity contribution >= 4 is 11.6 Å². The third-order valence-electron chi connectivity index (χ3n) is 4.04. The number of nitrogens with zero attached hydrogens (tertiary/aromatic N) is 1. The van der Waals surface area contributed by atoms with E-state index in [9.17, 15) is 9.18 Å². The first-order chi connectivity index (χ1) is 9.20. The molecule has 2 fully saturated rings. The molecule has 102 valence electrons. The van der Waals surface area contributed by atoms with Crippen molar-refractivity contribution in [3.8, 4) is 5.75 Å². The summed E-state index contributed by atoms with van der Waals surface area (Å²) in [5.41, 5.74) is 0.625. The molecule has 2 aliphatic rings. The lowest BCUT2D eigenvalue weighted by Gasteiger charge is -2.32. The monoisotopic (exact) mass is 264 g/mol. The van der Waals surface area contributed by atoms with Crippen LogP contribution in [0.3, 0.4) is 0 Å². The van der Waals surface area contributed by atoms with Gasteiger partial charge in [0.15, 0.2) is 11.6 Å². The first-order valence-corrected chi connectivity index (χ1v) is 6.57. The van der Waals surface area contributed by atoms with Gasteiger partial charge in [-0.25, -0.2) is 4.39 Å². The van der Waals surface area contributed by atoms with Crippen LogP contribution in [0.1, 0.15) is 12.8 Å². The topological polar surface area (TPSA) is 41.6 Å². The van der Waals surface area contributed by atoms with E-state index in [-0.39, 0.29) is 17.7 Å². The molecule has 1 N–H and O–H groups in total. The number of amides is 1. The molecular formula is C14H17FN2O2. The average molecular weight is 264 g/mol. The Kier molecular flexibility index (Phi) is 3.14.